The topological polar surface area (TPSA) is 49.4 Å². The van der Waals surface area contributed by atoms with Gasteiger partial charge in [-0.3, -0.25) is 0 Å². The Morgan fingerprint density at radius 2 is 1.90 bits per heavy atom. The van der Waals surface area contributed by atoms with Crippen molar-refractivity contribution in [2.24, 2.45) is 0 Å². The van der Waals surface area contributed by atoms with Gasteiger partial charge >= 0.3 is 0 Å². The molecule has 0 radical (unpaired) electrons. The van der Waals surface area contributed by atoms with Gasteiger partial charge in [-0.15, -0.1) is 0 Å². The van der Waals surface area contributed by atoms with E-state index < -0.39 is 9.84 Å². The summed E-state index contributed by atoms with van der Waals surface area (Å²) in [4.78, 5) is 1.95. The minimum atomic E-state index is -2.96. The van der Waals surface area contributed by atoms with Gasteiger partial charge in [0.2, 0.25) is 0 Å². The fourth-order valence-electron chi connectivity index (χ4n) is 2.93. The molecule has 0 aromatic heterocycles. The minimum absolute atomic E-state index is 0.0719. The lowest BCUT2D eigenvalue weighted by Gasteiger charge is -2.23. The van der Waals surface area contributed by atoms with E-state index in [1.165, 1.54) is 5.56 Å². The molecule has 0 bridgehead atoms. The standard InChI is InChI=1S/C14H18N2O2S2/c1-9(2)10-3-5-11(6-4-10)16-13-8-20(17,18)7-12(13)15-14(16)19/h3-6,9,12-13H,7-8H2,1-2H3,(H,15,19)/t12-,13+/m0/s1. The number of nitrogens with zero attached hydrogens (tertiary/aromatic N) is 1. The van der Waals surface area contributed by atoms with E-state index in [1.54, 1.807) is 0 Å². The van der Waals surface area contributed by atoms with E-state index in [-0.39, 0.29) is 23.6 Å². The second kappa shape index (κ2) is 4.70. The van der Waals surface area contributed by atoms with Gasteiger partial charge in [-0.05, 0) is 35.8 Å². The van der Waals surface area contributed by atoms with Crippen molar-refractivity contribution in [1.29, 1.82) is 0 Å². The summed E-state index contributed by atoms with van der Waals surface area (Å²) in [5.41, 5.74) is 2.24. The van der Waals surface area contributed by atoms with E-state index in [0.29, 0.717) is 11.0 Å². The summed E-state index contributed by atoms with van der Waals surface area (Å²) < 4.78 is 23.5. The molecule has 2 atom stereocenters. The summed E-state index contributed by atoms with van der Waals surface area (Å²) in [5.74, 6) is 0.835. The molecule has 1 N–H and O–H groups in total. The molecule has 108 valence electrons. The van der Waals surface area contributed by atoms with Crippen molar-refractivity contribution in [2.45, 2.75) is 31.8 Å². The number of rotatable bonds is 2. The van der Waals surface area contributed by atoms with E-state index in [0.717, 1.165) is 5.69 Å². The van der Waals surface area contributed by atoms with E-state index in [2.05, 4.69) is 31.3 Å². The monoisotopic (exact) mass is 310 g/mol. The fraction of sp³-hybridized carbons (Fsp3) is 0.500. The number of nitrogens with one attached hydrogen (secondary N) is 1. The summed E-state index contributed by atoms with van der Waals surface area (Å²) in [6.07, 6.45) is 0. The molecule has 0 amide bonds. The van der Waals surface area contributed by atoms with E-state index in [4.69, 9.17) is 12.2 Å². The molecule has 0 spiro atoms. The number of sulfone groups is 1. The Labute approximate surface area is 125 Å². The Morgan fingerprint density at radius 1 is 1.25 bits per heavy atom. The van der Waals surface area contributed by atoms with Gasteiger partial charge in [0.1, 0.15) is 0 Å². The highest BCUT2D eigenvalue weighted by Gasteiger charge is 2.47. The molecule has 2 heterocycles. The smallest absolute Gasteiger partial charge is 0.174 e. The average Bonchev–Trinajstić information content (AvgIpc) is 2.79. The van der Waals surface area contributed by atoms with Gasteiger partial charge in [0.25, 0.3) is 0 Å². The van der Waals surface area contributed by atoms with Crippen LogP contribution in [0.4, 0.5) is 5.69 Å². The van der Waals surface area contributed by atoms with Crippen LogP contribution < -0.4 is 10.2 Å². The van der Waals surface area contributed by atoms with Crippen molar-refractivity contribution in [1.82, 2.24) is 5.32 Å². The van der Waals surface area contributed by atoms with Gasteiger partial charge in [-0.2, -0.15) is 0 Å². The van der Waals surface area contributed by atoms with Crippen LogP contribution in [0.5, 0.6) is 0 Å². The maximum absolute atomic E-state index is 11.8. The van der Waals surface area contributed by atoms with Gasteiger partial charge in [0.15, 0.2) is 14.9 Å². The van der Waals surface area contributed by atoms with Crippen LogP contribution in [0.1, 0.15) is 25.3 Å². The summed E-state index contributed by atoms with van der Waals surface area (Å²) in [7, 11) is -2.96. The predicted octanol–water partition coefficient (Wildman–Crippen LogP) is 1.67. The van der Waals surface area contributed by atoms with Crippen LogP contribution in [0.15, 0.2) is 24.3 Å². The Kier molecular flexibility index (Phi) is 3.25. The zero-order valence-corrected chi connectivity index (χ0v) is 13.2. The fourth-order valence-corrected chi connectivity index (χ4v) is 5.21. The van der Waals surface area contributed by atoms with Crippen LogP contribution in [-0.2, 0) is 9.84 Å². The third-order valence-electron chi connectivity index (χ3n) is 4.02. The van der Waals surface area contributed by atoms with Crippen molar-refractivity contribution in [3.63, 3.8) is 0 Å². The summed E-state index contributed by atoms with van der Waals surface area (Å²) in [5, 5.41) is 3.77. The first kappa shape index (κ1) is 13.8. The van der Waals surface area contributed by atoms with Crippen molar-refractivity contribution in [3.8, 4) is 0 Å². The van der Waals surface area contributed by atoms with Crippen LogP contribution in [0.25, 0.3) is 0 Å². The molecule has 6 heteroatoms. The molecule has 2 saturated heterocycles. The van der Waals surface area contributed by atoms with Crippen molar-refractivity contribution < 1.29 is 8.42 Å². The Bertz CT molecular complexity index is 638. The van der Waals surface area contributed by atoms with Gasteiger partial charge in [0.05, 0.1) is 23.6 Å². The highest BCUT2D eigenvalue weighted by Crippen LogP contribution is 2.30. The third kappa shape index (κ3) is 2.31. The molecule has 0 saturated carbocycles. The lowest BCUT2D eigenvalue weighted by atomic mass is 10.0. The van der Waals surface area contributed by atoms with Gasteiger partial charge < -0.3 is 10.2 Å². The van der Waals surface area contributed by atoms with Gasteiger partial charge in [-0.25, -0.2) is 8.42 Å². The van der Waals surface area contributed by atoms with Crippen molar-refractivity contribution in [3.05, 3.63) is 29.8 Å². The quantitative estimate of drug-likeness (QED) is 0.842. The van der Waals surface area contributed by atoms with E-state index in [1.807, 2.05) is 17.0 Å². The third-order valence-corrected chi connectivity index (χ3v) is 6.05. The molecular formula is C14H18N2O2S2. The molecule has 1 aromatic carbocycles. The van der Waals surface area contributed by atoms with Crippen molar-refractivity contribution >= 4 is 32.9 Å². The maximum Gasteiger partial charge on any atom is 0.174 e. The van der Waals surface area contributed by atoms with Gasteiger partial charge in [0, 0.05) is 5.69 Å². The zero-order chi connectivity index (χ0) is 14.5. The first-order valence-electron chi connectivity index (χ1n) is 6.77. The zero-order valence-electron chi connectivity index (χ0n) is 11.5. The number of benzene rings is 1. The first-order chi connectivity index (χ1) is 9.37. The number of hydrogen-bond donors (Lipinski definition) is 1. The highest BCUT2D eigenvalue weighted by atomic mass is 32.2. The molecule has 2 aliphatic rings. The van der Waals surface area contributed by atoms with Crippen LogP contribution >= 0.6 is 12.2 Å². The molecular weight excluding hydrogens is 292 g/mol. The molecule has 20 heavy (non-hydrogen) atoms. The average molecular weight is 310 g/mol. The molecule has 3 rings (SSSR count). The number of fused-ring (bicyclic) bond motifs is 1. The Hall–Kier alpha value is -1.14. The summed E-state index contributed by atoms with van der Waals surface area (Å²) >= 11 is 5.36. The lowest BCUT2D eigenvalue weighted by molar-refractivity contribution is 0.600. The van der Waals surface area contributed by atoms with Crippen LogP contribution in [-0.4, -0.2) is 37.1 Å². The van der Waals surface area contributed by atoms with Crippen LogP contribution in [0, 0.1) is 0 Å². The molecule has 4 nitrogen and oxygen atoms in total. The normalized spacial score (nSPS) is 27.8. The second-order valence-electron chi connectivity index (χ2n) is 5.82. The number of thiocarbonyl (C=S) groups is 1. The van der Waals surface area contributed by atoms with Crippen molar-refractivity contribution in [2.75, 3.05) is 16.4 Å². The van der Waals surface area contributed by atoms with Crippen LogP contribution in [0.2, 0.25) is 0 Å². The number of anilines is 1. The highest BCUT2D eigenvalue weighted by molar-refractivity contribution is 7.91. The summed E-state index contributed by atoms with van der Waals surface area (Å²) in [6.45, 7) is 4.30. The predicted molar refractivity (Wildman–Crippen MR) is 85.0 cm³/mol. The van der Waals surface area contributed by atoms with Gasteiger partial charge in [-0.1, -0.05) is 26.0 Å². The SMILES string of the molecule is CC(C)c1ccc(N2C(=S)N[C@H]3CS(=O)(=O)C[C@H]32)cc1. The van der Waals surface area contributed by atoms with E-state index >= 15 is 0 Å². The molecule has 2 fully saturated rings. The second-order valence-corrected chi connectivity index (χ2v) is 8.36. The Balaban J connectivity index is 1.91. The van der Waals surface area contributed by atoms with Crippen LogP contribution in [0.3, 0.4) is 0 Å². The molecule has 2 aliphatic heterocycles. The Morgan fingerprint density at radius 3 is 2.50 bits per heavy atom. The largest absolute Gasteiger partial charge is 0.356 e. The number of hydrogen-bond acceptors (Lipinski definition) is 3. The molecule has 0 unspecified atom stereocenters. The van der Waals surface area contributed by atoms with E-state index in [9.17, 15) is 8.42 Å². The lowest BCUT2D eigenvalue weighted by Crippen LogP contribution is -2.36. The minimum Gasteiger partial charge on any atom is -0.356 e. The maximum atomic E-state index is 11.8. The first-order valence-corrected chi connectivity index (χ1v) is 9.00. The summed E-state index contributed by atoms with van der Waals surface area (Å²) in [6, 6.07) is 8.07. The molecule has 0 aliphatic carbocycles. The molecule has 1 aromatic rings.